The van der Waals surface area contributed by atoms with Gasteiger partial charge in [0.15, 0.2) is 0 Å². The maximum Gasteiger partial charge on any atom is 0.126 e. The van der Waals surface area contributed by atoms with Crippen LogP contribution in [0.25, 0.3) is 0 Å². The van der Waals surface area contributed by atoms with Gasteiger partial charge in [-0.1, -0.05) is 41.5 Å². The Bertz CT molecular complexity index is 495. The molecule has 0 aliphatic heterocycles. The van der Waals surface area contributed by atoms with E-state index >= 15 is 0 Å². The summed E-state index contributed by atoms with van der Waals surface area (Å²) < 4.78 is 6.09. The predicted octanol–water partition coefficient (Wildman–Crippen LogP) is 5.09. The molecule has 2 nitrogen and oxygen atoms in total. The summed E-state index contributed by atoms with van der Waals surface area (Å²) in [5.74, 6) is 1.73. The Hall–Kier alpha value is -1.02. The fraction of sp³-hybridized carbons (Fsp3) is 0.700. The van der Waals surface area contributed by atoms with Crippen molar-refractivity contribution in [2.24, 2.45) is 11.7 Å². The molecule has 2 heteroatoms. The first-order valence-corrected chi connectivity index (χ1v) is 8.63. The number of nitrogens with two attached hydrogens (primary N) is 1. The Kier molecular flexibility index (Phi) is 4.64. The lowest BCUT2D eigenvalue weighted by molar-refractivity contribution is 0.319. The van der Waals surface area contributed by atoms with Crippen LogP contribution >= 0.6 is 0 Å². The molecule has 0 heterocycles. The highest BCUT2D eigenvalue weighted by Crippen LogP contribution is 2.45. The van der Waals surface area contributed by atoms with Gasteiger partial charge in [-0.3, -0.25) is 0 Å². The maximum absolute atomic E-state index is 6.51. The highest BCUT2D eigenvalue weighted by molar-refractivity contribution is 5.51. The lowest BCUT2D eigenvalue weighted by Crippen LogP contribution is -2.22. The van der Waals surface area contributed by atoms with E-state index in [4.69, 9.17) is 10.5 Å². The Morgan fingerprint density at radius 1 is 1.05 bits per heavy atom. The van der Waals surface area contributed by atoms with E-state index in [0.29, 0.717) is 12.5 Å². The smallest absolute Gasteiger partial charge is 0.126 e. The standard InChI is InChI=1S/C20H33NO/c1-8-22-18-15(19(2,3)4)11-14(17(21)13-9-10-13)12-16(18)20(5,6)7/h11-13,17H,8-10,21H2,1-7H3. The molecule has 0 radical (unpaired) electrons. The van der Waals surface area contributed by atoms with Crippen molar-refractivity contribution >= 4 is 0 Å². The zero-order chi connectivity index (χ0) is 16.7. The summed E-state index contributed by atoms with van der Waals surface area (Å²) in [6.45, 7) is 16.3. The molecule has 0 aromatic heterocycles. The summed E-state index contributed by atoms with van der Waals surface area (Å²) in [7, 11) is 0. The van der Waals surface area contributed by atoms with Gasteiger partial charge in [-0.2, -0.15) is 0 Å². The normalized spacial score (nSPS) is 17.5. The van der Waals surface area contributed by atoms with E-state index in [1.807, 2.05) is 0 Å². The molecule has 1 aliphatic carbocycles. The third kappa shape index (κ3) is 3.65. The molecule has 2 N–H and O–H groups in total. The molecule has 0 amide bonds. The molecule has 1 saturated carbocycles. The molecule has 2 rings (SSSR count). The van der Waals surface area contributed by atoms with E-state index < -0.39 is 0 Å². The van der Waals surface area contributed by atoms with Gasteiger partial charge in [0.05, 0.1) is 6.61 Å². The molecule has 1 aliphatic rings. The Morgan fingerprint density at radius 3 is 1.82 bits per heavy atom. The monoisotopic (exact) mass is 303 g/mol. The molecule has 0 saturated heterocycles. The van der Waals surface area contributed by atoms with Gasteiger partial charge in [0, 0.05) is 17.2 Å². The minimum atomic E-state index is 0.0454. The fourth-order valence-corrected chi connectivity index (χ4v) is 2.99. The Labute approximate surface area is 136 Å². The van der Waals surface area contributed by atoms with Crippen molar-refractivity contribution in [1.82, 2.24) is 0 Å². The van der Waals surface area contributed by atoms with Crippen molar-refractivity contribution < 1.29 is 4.74 Å². The fourth-order valence-electron chi connectivity index (χ4n) is 2.99. The van der Waals surface area contributed by atoms with Crippen LogP contribution in [-0.4, -0.2) is 6.61 Å². The first kappa shape index (κ1) is 17.3. The van der Waals surface area contributed by atoms with Gasteiger partial charge in [0.1, 0.15) is 5.75 Å². The number of hydrogen-bond donors (Lipinski definition) is 1. The van der Waals surface area contributed by atoms with Crippen molar-refractivity contribution in [1.29, 1.82) is 0 Å². The minimum absolute atomic E-state index is 0.0454. The summed E-state index contributed by atoms with van der Waals surface area (Å²) in [6, 6.07) is 4.75. The zero-order valence-electron chi connectivity index (χ0n) is 15.4. The molecule has 1 aromatic rings. The molecular weight excluding hydrogens is 270 g/mol. The first-order valence-electron chi connectivity index (χ1n) is 8.63. The van der Waals surface area contributed by atoms with Gasteiger partial charge in [-0.05, 0) is 54.2 Å². The van der Waals surface area contributed by atoms with Crippen LogP contribution < -0.4 is 10.5 Å². The Morgan fingerprint density at radius 2 is 1.50 bits per heavy atom. The predicted molar refractivity (Wildman–Crippen MR) is 94.7 cm³/mol. The van der Waals surface area contributed by atoms with E-state index in [-0.39, 0.29) is 16.9 Å². The van der Waals surface area contributed by atoms with Crippen LogP contribution in [0.5, 0.6) is 5.75 Å². The number of rotatable bonds is 4. The topological polar surface area (TPSA) is 35.2 Å². The summed E-state index contributed by atoms with van der Waals surface area (Å²) in [6.07, 6.45) is 2.54. The van der Waals surface area contributed by atoms with E-state index in [0.717, 1.165) is 5.75 Å². The molecule has 0 bridgehead atoms. The maximum atomic E-state index is 6.51. The van der Waals surface area contributed by atoms with Gasteiger partial charge in [-0.15, -0.1) is 0 Å². The van der Waals surface area contributed by atoms with Crippen molar-refractivity contribution in [2.45, 2.75) is 78.2 Å². The molecule has 1 fully saturated rings. The highest BCUT2D eigenvalue weighted by Gasteiger charge is 2.33. The Balaban J connectivity index is 2.64. The van der Waals surface area contributed by atoms with Gasteiger partial charge < -0.3 is 10.5 Å². The summed E-state index contributed by atoms with van der Waals surface area (Å²) >= 11 is 0. The van der Waals surface area contributed by atoms with Crippen LogP contribution in [0.3, 0.4) is 0 Å². The second kappa shape index (κ2) is 5.88. The van der Waals surface area contributed by atoms with Gasteiger partial charge in [0.2, 0.25) is 0 Å². The van der Waals surface area contributed by atoms with Crippen LogP contribution in [-0.2, 0) is 10.8 Å². The van der Waals surface area contributed by atoms with E-state index in [9.17, 15) is 0 Å². The van der Waals surface area contributed by atoms with Crippen LogP contribution in [0.4, 0.5) is 0 Å². The van der Waals surface area contributed by atoms with Crippen LogP contribution in [0, 0.1) is 5.92 Å². The average molecular weight is 303 g/mol. The molecule has 124 valence electrons. The molecule has 1 unspecified atom stereocenters. The van der Waals surface area contributed by atoms with Gasteiger partial charge >= 0.3 is 0 Å². The lowest BCUT2D eigenvalue weighted by atomic mass is 9.77. The second-order valence-electron chi connectivity index (χ2n) is 8.74. The lowest BCUT2D eigenvalue weighted by Gasteiger charge is -2.31. The third-order valence-electron chi connectivity index (χ3n) is 4.53. The summed E-state index contributed by atoms with van der Waals surface area (Å²) in [5.41, 5.74) is 10.4. The van der Waals surface area contributed by atoms with Crippen LogP contribution in [0.1, 0.15) is 84.0 Å². The molecule has 1 atom stereocenters. The highest BCUT2D eigenvalue weighted by atomic mass is 16.5. The SMILES string of the molecule is CCOc1c(C(C)(C)C)cc(C(N)C2CC2)cc1C(C)(C)C. The average Bonchev–Trinajstić information content (AvgIpc) is 3.20. The van der Waals surface area contributed by atoms with Crippen LogP contribution in [0.15, 0.2) is 12.1 Å². The van der Waals surface area contributed by atoms with Crippen molar-refractivity contribution in [3.8, 4) is 5.75 Å². The minimum Gasteiger partial charge on any atom is -0.493 e. The molecule has 1 aromatic carbocycles. The quantitative estimate of drug-likeness (QED) is 0.841. The molecule has 22 heavy (non-hydrogen) atoms. The first-order chi connectivity index (χ1) is 10.1. The largest absolute Gasteiger partial charge is 0.493 e. The summed E-state index contributed by atoms with van der Waals surface area (Å²) in [4.78, 5) is 0. The second-order valence-corrected chi connectivity index (χ2v) is 8.74. The zero-order valence-corrected chi connectivity index (χ0v) is 15.4. The van der Waals surface area contributed by atoms with E-state index in [1.54, 1.807) is 0 Å². The van der Waals surface area contributed by atoms with Crippen LogP contribution in [0.2, 0.25) is 0 Å². The number of ether oxygens (including phenoxy) is 1. The summed E-state index contributed by atoms with van der Waals surface area (Å²) in [5, 5.41) is 0. The van der Waals surface area contributed by atoms with Gasteiger partial charge in [-0.25, -0.2) is 0 Å². The van der Waals surface area contributed by atoms with Crippen molar-refractivity contribution in [3.05, 3.63) is 28.8 Å². The van der Waals surface area contributed by atoms with Crippen molar-refractivity contribution in [2.75, 3.05) is 6.61 Å². The molecule has 0 spiro atoms. The number of hydrogen-bond acceptors (Lipinski definition) is 2. The van der Waals surface area contributed by atoms with E-state index in [1.165, 1.54) is 29.5 Å². The third-order valence-corrected chi connectivity index (χ3v) is 4.53. The molecular formula is C20H33NO. The number of benzene rings is 1. The van der Waals surface area contributed by atoms with Gasteiger partial charge in [0.25, 0.3) is 0 Å². The van der Waals surface area contributed by atoms with E-state index in [2.05, 4.69) is 60.6 Å². The van der Waals surface area contributed by atoms with Crippen molar-refractivity contribution in [3.63, 3.8) is 0 Å².